The van der Waals surface area contributed by atoms with E-state index in [0.717, 1.165) is 4.68 Å². The number of hydrogen-bond donors (Lipinski definition) is 1. The van der Waals surface area contributed by atoms with Crippen molar-refractivity contribution in [2.24, 2.45) is 0 Å². The topological polar surface area (TPSA) is 82.5 Å². The second kappa shape index (κ2) is 10.9. The van der Waals surface area contributed by atoms with Crippen molar-refractivity contribution in [2.75, 3.05) is 19.5 Å². The summed E-state index contributed by atoms with van der Waals surface area (Å²) in [7, 11) is 2.94. The number of rotatable bonds is 8. The quantitative estimate of drug-likeness (QED) is 0.396. The minimum Gasteiger partial charge on any atom is -0.493 e. The Bertz CT molecular complexity index is 1300. The van der Waals surface area contributed by atoms with Gasteiger partial charge in [-0.05, 0) is 48.9 Å². The third kappa shape index (κ3) is 7.02. The van der Waals surface area contributed by atoms with Gasteiger partial charge in [-0.2, -0.15) is 31.4 Å². The molecule has 0 bridgehead atoms. The molecule has 3 rings (SSSR count). The van der Waals surface area contributed by atoms with Crippen molar-refractivity contribution >= 4 is 11.6 Å². The number of amides is 1. The highest BCUT2D eigenvalue weighted by molar-refractivity contribution is 5.90. The van der Waals surface area contributed by atoms with Gasteiger partial charge in [0.05, 0.1) is 31.0 Å². The number of ether oxygens (including phenoxy) is 2. The van der Waals surface area contributed by atoms with Gasteiger partial charge in [0.2, 0.25) is 5.91 Å². The fourth-order valence-electron chi connectivity index (χ4n) is 3.40. The molecule has 3 aromatic rings. The summed E-state index contributed by atoms with van der Waals surface area (Å²) in [5.41, 5.74) is -3.14. The van der Waals surface area contributed by atoms with Gasteiger partial charge in [-0.3, -0.25) is 9.59 Å². The maximum absolute atomic E-state index is 13.0. The molecule has 1 heterocycles. The lowest BCUT2D eigenvalue weighted by Crippen LogP contribution is -2.23. The van der Waals surface area contributed by atoms with Crippen LogP contribution in [0.2, 0.25) is 0 Å². The number of carbonyl (C=O) groups is 1. The number of benzene rings is 2. The van der Waals surface area contributed by atoms with Crippen LogP contribution in [0.3, 0.4) is 0 Å². The lowest BCUT2D eigenvalue weighted by molar-refractivity contribution is -0.143. The summed E-state index contributed by atoms with van der Waals surface area (Å²) in [6.45, 7) is -0.0240. The van der Waals surface area contributed by atoms with E-state index in [2.05, 4.69) is 10.4 Å². The van der Waals surface area contributed by atoms with Gasteiger partial charge in [-0.25, -0.2) is 4.68 Å². The van der Waals surface area contributed by atoms with Crippen molar-refractivity contribution in [1.82, 2.24) is 9.78 Å². The van der Waals surface area contributed by atoms with Crippen molar-refractivity contribution in [3.63, 3.8) is 0 Å². The second-order valence-electron chi connectivity index (χ2n) is 7.80. The van der Waals surface area contributed by atoms with E-state index in [1.165, 1.54) is 26.4 Å². The zero-order valence-electron chi connectivity index (χ0n) is 19.5. The largest absolute Gasteiger partial charge is 0.493 e. The highest BCUT2D eigenvalue weighted by Gasteiger charge is 2.37. The Morgan fingerprint density at radius 3 is 2.08 bits per heavy atom. The number of aryl methyl sites for hydroxylation is 1. The lowest BCUT2D eigenvalue weighted by atomic mass is 10.1. The number of halogens is 6. The molecule has 1 amide bonds. The number of nitrogens with zero attached hydrogens (tertiary/aromatic N) is 2. The molecule has 0 saturated carbocycles. The Balaban J connectivity index is 1.70. The van der Waals surface area contributed by atoms with Gasteiger partial charge in [0.1, 0.15) is 0 Å². The van der Waals surface area contributed by atoms with Crippen LogP contribution in [-0.2, 0) is 23.7 Å². The van der Waals surface area contributed by atoms with Crippen LogP contribution >= 0.6 is 0 Å². The first-order valence-electron chi connectivity index (χ1n) is 10.7. The van der Waals surface area contributed by atoms with Crippen molar-refractivity contribution in [3.8, 4) is 22.8 Å². The summed E-state index contributed by atoms with van der Waals surface area (Å²) in [5.74, 6) is 0.116. The molecule has 0 aliphatic carbocycles. The molecule has 0 spiro atoms. The maximum Gasteiger partial charge on any atom is 0.416 e. The van der Waals surface area contributed by atoms with Gasteiger partial charge < -0.3 is 14.8 Å². The summed E-state index contributed by atoms with van der Waals surface area (Å²) in [6, 6.07) is 8.62. The molecule has 0 radical (unpaired) electrons. The van der Waals surface area contributed by atoms with Crippen LogP contribution in [0.4, 0.5) is 32.0 Å². The summed E-state index contributed by atoms with van der Waals surface area (Å²) in [4.78, 5) is 24.4. The molecule has 7 nitrogen and oxygen atoms in total. The van der Waals surface area contributed by atoms with Crippen LogP contribution in [0.25, 0.3) is 11.3 Å². The number of nitrogens with one attached hydrogen (secondary N) is 1. The molecule has 0 aliphatic rings. The highest BCUT2D eigenvalue weighted by atomic mass is 19.4. The smallest absolute Gasteiger partial charge is 0.416 e. The zero-order chi connectivity index (χ0) is 27.4. The molecule has 0 atom stereocenters. The Hall–Kier alpha value is -4.03. The SMILES string of the molecule is COc1ccc(-c2ccc(=O)n(CCCC(=O)Nc3cc(C(F)(F)F)cc(C(F)(F)F)c3)n2)cc1OC. The first-order chi connectivity index (χ1) is 17.3. The predicted molar refractivity (Wildman–Crippen MR) is 121 cm³/mol. The van der Waals surface area contributed by atoms with Crippen LogP contribution in [0.5, 0.6) is 11.5 Å². The van der Waals surface area contributed by atoms with Crippen LogP contribution in [0.15, 0.2) is 53.3 Å². The Morgan fingerprint density at radius 2 is 1.51 bits per heavy atom. The second-order valence-corrected chi connectivity index (χ2v) is 7.80. The number of anilines is 1. The van der Waals surface area contributed by atoms with Crippen molar-refractivity contribution < 1.29 is 40.6 Å². The predicted octanol–water partition coefficient (Wildman–Crippen LogP) is 5.38. The summed E-state index contributed by atoms with van der Waals surface area (Å²) >= 11 is 0. The van der Waals surface area contributed by atoms with Crippen LogP contribution in [-0.4, -0.2) is 29.9 Å². The van der Waals surface area contributed by atoms with Gasteiger partial charge in [0.15, 0.2) is 11.5 Å². The van der Waals surface area contributed by atoms with Gasteiger partial charge in [0.25, 0.3) is 5.56 Å². The van der Waals surface area contributed by atoms with Crippen molar-refractivity contribution in [3.05, 3.63) is 70.0 Å². The van der Waals surface area contributed by atoms with Crippen molar-refractivity contribution in [2.45, 2.75) is 31.7 Å². The summed E-state index contributed by atoms with van der Waals surface area (Å²) < 4.78 is 89.6. The van der Waals surface area contributed by atoms with E-state index in [1.807, 2.05) is 0 Å². The van der Waals surface area contributed by atoms with Crippen LogP contribution in [0.1, 0.15) is 24.0 Å². The van der Waals surface area contributed by atoms with E-state index in [4.69, 9.17) is 9.47 Å². The molecule has 37 heavy (non-hydrogen) atoms. The minimum atomic E-state index is -5.04. The van der Waals surface area contributed by atoms with E-state index in [-0.39, 0.29) is 25.5 Å². The normalized spacial score (nSPS) is 11.8. The fourth-order valence-corrected chi connectivity index (χ4v) is 3.40. The Kier molecular flexibility index (Phi) is 8.14. The lowest BCUT2D eigenvalue weighted by Gasteiger charge is -2.15. The van der Waals surface area contributed by atoms with Gasteiger partial charge in [0, 0.05) is 30.3 Å². The van der Waals surface area contributed by atoms with Crippen LogP contribution in [0, 0.1) is 0 Å². The molecule has 1 N–H and O–H groups in total. The van der Waals surface area contributed by atoms with E-state index in [9.17, 15) is 35.9 Å². The van der Waals surface area contributed by atoms with Crippen molar-refractivity contribution in [1.29, 1.82) is 0 Å². The minimum absolute atomic E-state index is 0.0240. The van der Waals surface area contributed by atoms with Gasteiger partial charge in [-0.15, -0.1) is 0 Å². The first-order valence-corrected chi connectivity index (χ1v) is 10.7. The molecule has 1 aromatic heterocycles. The third-order valence-corrected chi connectivity index (χ3v) is 5.19. The molecule has 0 fully saturated rings. The van der Waals surface area contributed by atoms with E-state index < -0.39 is 40.6 Å². The van der Waals surface area contributed by atoms with Gasteiger partial charge >= 0.3 is 12.4 Å². The number of methoxy groups -OCH3 is 2. The molecule has 13 heteroatoms. The van der Waals surface area contributed by atoms with Gasteiger partial charge in [-0.1, -0.05) is 0 Å². The highest BCUT2D eigenvalue weighted by Crippen LogP contribution is 2.37. The molecular formula is C24H21F6N3O4. The Morgan fingerprint density at radius 1 is 0.892 bits per heavy atom. The number of alkyl halides is 6. The molecule has 2 aromatic carbocycles. The third-order valence-electron chi connectivity index (χ3n) is 5.19. The summed E-state index contributed by atoms with van der Waals surface area (Å²) in [5, 5.41) is 6.31. The van der Waals surface area contributed by atoms with E-state index in [0.29, 0.717) is 34.9 Å². The molecule has 0 aliphatic heterocycles. The fraction of sp³-hybridized carbons (Fsp3) is 0.292. The summed E-state index contributed by atoms with van der Waals surface area (Å²) in [6.07, 6.45) is -10.3. The average Bonchev–Trinajstić information content (AvgIpc) is 2.83. The number of hydrogen-bond acceptors (Lipinski definition) is 5. The first kappa shape index (κ1) is 27.6. The van der Waals surface area contributed by atoms with E-state index >= 15 is 0 Å². The maximum atomic E-state index is 13.0. The molecule has 0 unspecified atom stereocenters. The molecule has 0 saturated heterocycles. The monoisotopic (exact) mass is 529 g/mol. The van der Waals surface area contributed by atoms with Crippen LogP contribution < -0.4 is 20.3 Å². The Labute approximate surface area is 206 Å². The number of aromatic nitrogens is 2. The number of carbonyl (C=O) groups excluding carboxylic acids is 1. The average molecular weight is 529 g/mol. The molecule has 198 valence electrons. The zero-order valence-corrected chi connectivity index (χ0v) is 19.5. The molecular weight excluding hydrogens is 508 g/mol. The van der Waals surface area contributed by atoms with E-state index in [1.54, 1.807) is 18.2 Å². The standard InChI is InChI=1S/C24H21F6N3O4/c1-36-19-7-5-14(10-20(19)37-2)18-6-8-22(35)33(32-18)9-3-4-21(34)31-17-12-15(23(25,26)27)11-16(13-17)24(28,29)30/h5-8,10-13H,3-4,9H2,1-2H3,(H,31,34).